The van der Waals surface area contributed by atoms with Gasteiger partial charge in [0.1, 0.15) is 0 Å². The van der Waals surface area contributed by atoms with E-state index in [-0.39, 0.29) is 6.54 Å². The average molecular weight is 397 g/mol. The van der Waals surface area contributed by atoms with Gasteiger partial charge in [0, 0.05) is 35.4 Å². The maximum Gasteiger partial charge on any atom is 0.212 e. The van der Waals surface area contributed by atoms with Crippen LogP contribution in [-0.4, -0.2) is 36.2 Å². The lowest BCUT2D eigenvalue weighted by atomic mass is 10.1. The molecule has 140 valence electrons. The van der Waals surface area contributed by atoms with Crippen LogP contribution in [0.2, 0.25) is 10.0 Å². The summed E-state index contributed by atoms with van der Waals surface area (Å²) in [4.78, 5) is 8.64. The number of rotatable bonds is 7. The van der Waals surface area contributed by atoms with E-state index in [4.69, 9.17) is 27.9 Å². The van der Waals surface area contributed by atoms with E-state index in [9.17, 15) is 5.11 Å². The lowest BCUT2D eigenvalue weighted by Crippen LogP contribution is -2.39. The minimum Gasteiger partial charge on any atom is -0.481 e. The fourth-order valence-corrected chi connectivity index (χ4v) is 2.76. The van der Waals surface area contributed by atoms with Gasteiger partial charge in [0.25, 0.3) is 0 Å². The number of hydrogen-bond donors (Lipinski definition) is 3. The predicted octanol–water partition coefficient (Wildman–Crippen LogP) is 3.19. The molecule has 0 spiro atoms. The number of aromatic nitrogens is 1. The first-order chi connectivity index (χ1) is 12.5. The summed E-state index contributed by atoms with van der Waals surface area (Å²) in [6, 6.07) is 8.69. The summed E-state index contributed by atoms with van der Waals surface area (Å²) in [7, 11) is 1.58. The van der Waals surface area contributed by atoms with Crippen LogP contribution in [0.1, 0.15) is 24.2 Å². The lowest BCUT2D eigenvalue weighted by molar-refractivity contribution is 0.181. The molecule has 26 heavy (non-hydrogen) atoms. The third kappa shape index (κ3) is 6.37. The summed E-state index contributed by atoms with van der Waals surface area (Å²) in [6.07, 6.45) is 0.951. The van der Waals surface area contributed by atoms with Gasteiger partial charge in [-0.05, 0) is 36.2 Å². The van der Waals surface area contributed by atoms with Crippen molar-refractivity contribution < 1.29 is 9.84 Å². The van der Waals surface area contributed by atoms with Crippen LogP contribution in [0.3, 0.4) is 0 Å². The number of halogens is 2. The standard InChI is InChI=1S/C18H22Cl2N4O2/c1-3-21-18(23-10-12-4-5-17(26-2)22-9-12)24-11-16(25)13-6-14(19)8-15(20)7-13/h4-9,16,25H,3,10-11H2,1-2H3,(H2,21,23,24). The molecule has 1 unspecified atom stereocenters. The number of benzene rings is 1. The molecule has 8 heteroatoms. The molecule has 2 rings (SSSR count). The number of hydrogen-bond acceptors (Lipinski definition) is 4. The number of methoxy groups -OCH3 is 1. The van der Waals surface area contributed by atoms with Crippen molar-refractivity contribution in [3.05, 3.63) is 57.7 Å². The van der Waals surface area contributed by atoms with Gasteiger partial charge >= 0.3 is 0 Å². The molecule has 1 atom stereocenters. The molecule has 0 saturated heterocycles. The molecule has 0 aliphatic carbocycles. The zero-order valence-electron chi connectivity index (χ0n) is 14.7. The summed E-state index contributed by atoms with van der Waals surface area (Å²) >= 11 is 12.0. The maximum atomic E-state index is 10.3. The van der Waals surface area contributed by atoms with E-state index < -0.39 is 6.10 Å². The molecule has 0 saturated carbocycles. The second-order valence-corrected chi connectivity index (χ2v) is 6.38. The SMILES string of the molecule is CCNC(=NCc1ccc(OC)nc1)NCC(O)c1cc(Cl)cc(Cl)c1. The van der Waals surface area contributed by atoms with Crippen LogP contribution < -0.4 is 15.4 Å². The van der Waals surface area contributed by atoms with E-state index in [1.54, 1.807) is 37.6 Å². The van der Waals surface area contributed by atoms with Crippen molar-refractivity contribution in [3.63, 3.8) is 0 Å². The Bertz CT molecular complexity index is 718. The van der Waals surface area contributed by atoms with Crippen molar-refractivity contribution in [2.45, 2.75) is 19.6 Å². The van der Waals surface area contributed by atoms with Crippen LogP contribution in [0, 0.1) is 0 Å². The second-order valence-electron chi connectivity index (χ2n) is 5.50. The molecule has 6 nitrogen and oxygen atoms in total. The third-order valence-electron chi connectivity index (χ3n) is 3.50. The molecule has 0 aliphatic heterocycles. The Hall–Kier alpha value is -2.02. The Morgan fingerprint density at radius 1 is 1.23 bits per heavy atom. The third-order valence-corrected chi connectivity index (χ3v) is 3.94. The van der Waals surface area contributed by atoms with Gasteiger partial charge < -0.3 is 20.5 Å². The fraction of sp³-hybridized carbons (Fsp3) is 0.333. The quantitative estimate of drug-likeness (QED) is 0.494. The van der Waals surface area contributed by atoms with E-state index in [1.807, 2.05) is 13.0 Å². The highest BCUT2D eigenvalue weighted by atomic mass is 35.5. The molecule has 0 aliphatic rings. The minimum atomic E-state index is -0.766. The molecule has 0 bridgehead atoms. The molecule has 0 fully saturated rings. The number of pyridine rings is 1. The van der Waals surface area contributed by atoms with E-state index >= 15 is 0 Å². The van der Waals surface area contributed by atoms with Gasteiger partial charge in [-0.3, -0.25) is 0 Å². The minimum absolute atomic E-state index is 0.267. The normalized spacial score (nSPS) is 12.6. The van der Waals surface area contributed by atoms with Crippen molar-refractivity contribution in [2.24, 2.45) is 4.99 Å². The zero-order chi connectivity index (χ0) is 18.9. The zero-order valence-corrected chi connectivity index (χ0v) is 16.2. The van der Waals surface area contributed by atoms with Crippen molar-refractivity contribution >= 4 is 29.2 Å². The molecule has 2 aromatic rings. The summed E-state index contributed by atoms with van der Waals surface area (Å²) in [5.41, 5.74) is 1.59. The topological polar surface area (TPSA) is 78.8 Å². The lowest BCUT2D eigenvalue weighted by Gasteiger charge is -2.16. The molecule has 1 heterocycles. The van der Waals surface area contributed by atoms with Crippen LogP contribution in [0.15, 0.2) is 41.5 Å². The van der Waals surface area contributed by atoms with Gasteiger partial charge in [-0.2, -0.15) is 0 Å². The van der Waals surface area contributed by atoms with E-state index in [2.05, 4.69) is 20.6 Å². The number of aliphatic hydroxyl groups is 1. The Kier molecular flexibility index (Phi) is 7.97. The monoisotopic (exact) mass is 396 g/mol. The van der Waals surface area contributed by atoms with Gasteiger partial charge in [0.15, 0.2) is 5.96 Å². The van der Waals surface area contributed by atoms with E-state index in [0.717, 1.165) is 5.56 Å². The highest BCUT2D eigenvalue weighted by Crippen LogP contribution is 2.23. The Morgan fingerprint density at radius 2 is 1.96 bits per heavy atom. The highest BCUT2D eigenvalue weighted by molar-refractivity contribution is 6.34. The van der Waals surface area contributed by atoms with Crippen LogP contribution in [-0.2, 0) is 6.54 Å². The highest BCUT2D eigenvalue weighted by Gasteiger charge is 2.10. The van der Waals surface area contributed by atoms with Crippen LogP contribution in [0.4, 0.5) is 0 Å². The number of aliphatic imine (C=N–C) groups is 1. The fourth-order valence-electron chi connectivity index (χ4n) is 2.22. The Balaban J connectivity index is 1.97. The van der Waals surface area contributed by atoms with Crippen molar-refractivity contribution in [2.75, 3.05) is 20.2 Å². The molecule has 0 radical (unpaired) electrons. The van der Waals surface area contributed by atoms with E-state index in [0.29, 0.717) is 40.5 Å². The predicted molar refractivity (Wildman–Crippen MR) is 105 cm³/mol. The molecule has 1 aromatic carbocycles. The molecule has 3 N–H and O–H groups in total. The van der Waals surface area contributed by atoms with Crippen molar-refractivity contribution in [3.8, 4) is 5.88 Å². The largest absolute Gasteiger partial charge is 0.481 e. The number of guanidine groups is 1. The van der Waals surface area contributed by atoms with Gasteiger partial charge in [-0.1, -0.05) is 29.3 Å². The molecule has 1 aromatic heterocycles. The van der Waals surface area contributed by atoms with Crippen molar-refractivity contribution in [1.82, 2.24) is 15.6 Å². The van der Waals surface area contributed by atoms with Gasteiger partial charge in [0.05, 0.1) is 19.8 Å². The first-order valence-corrected chi connectivity index (χ1v) is 8.92. The number of ether oxygens (including phenoxy) is 1. The van der Waals surface area contributed by atoms with Gasteiger partial charge in [-0.25, -0.2) is 9.98 Å². The summed E-state index contributed by atoms with van der Waals surface area (Å²) in [6.45, 7) is 3.39. The first kappa shape index (κ1) is 20.3. The summed E-state index contributed by atoms with van der Waals surface area (Å²) in [5.74, 6) is 1.15. The first-order valence-electron chi connectivity index (χ1n) is 8.17. The van der Waals surface area contributed by atoms with Crippen LogP contribution in [0.25, 0.3) is 0 Å². The molecular formula is C18H22Cl2N4O2. The van der Waals surface area contributed by atoms with Gasteiger partial charge in [0.2, 0.25) is 5.88 Å². The summed E-state index contributed by atoms with van der Waals surface area (Å²) in [5, 5.41) is 17.6. The maximum absolute atomic E-state index is 10.3. The van der Waals surface area contributed by atoms with E-state index in [1.165, 1.54) is 0 Å². The number of aliphatic hydroxyl groups excluding tert-OH is 1. The van der Waals surface area contributed by atoms with Crippen LogP contribution >= 0.6 is 23.2 Å². The number of nitrogens with zero attached hydrogens (tertiary/aromatic N) is 2. The molecular weight excluding hydrogens is 375 g/mol. The van der Waals surface area contributed by atoms with Crippen molar-refractivity contribution in [1.29, 1.82) is 0 Å². The summed E-state index contributed by atoms with van der Waals surface area (Å²) < 4.78 is 5.04. The van der Waals surface area contributed by atoms with Gasteiger partial charge in [-0.15, -0.1) is 0 Å². The molecule has 0 amide bonds. The number of nitrogens with one attached hydrogen (secondary N) is 2. The Labute approximate surface area is 163 Å². The Morgan fingerprint density at radius 3 is 2.54 bits per heavy atom. The second kappa shape index (κ2) is 10.2. The smallest absolute Gasteiger partial charge is 0.212 e. The van der Waals surface area contributed by atoms with Crippen LogP contribution in [0.5, 0.6) is 5.88 Å². The average Bonchev–Trinajstić information content (AvgIpc) is 2.63.